The summed E-state index contributed by atoms with van der Waals surface area (Å²) in [5, 5.41) is 7.06. The normalized spacial score (nSPS) is 16.8. The Labute approximate surface area is 234 Å². The summed E-state index contributed by atoms with van der Waals surface area (Å²) >= 11 is 5.93. The van der Waals surface area contributed by atoms with Gasteiger partial charge in [0, 0.05) is 42.3 Å². The topological polar surface area (TPSA) is 84.3 Å². The minimum atomic E-state index is -0.197. The number of pyridine rings is 2. The average Bonchev–Trinajstić information content (AvgIpc) is 3.40. The zero-order valence-electron chi connectivity index (χ0n) is 22.7. The second-order valence-corrected chi connectivity index (χ2v) is 10.2. The van der Waals surface area contributed by atoms with Crippen molar-refractivity contribution in [3.05, 3.63) is 101 Å². The Balaban J connectivity index is 1.61. The van der Waals surface area contributed by atoms with Gasteiger partial charge in [-0.2, -0.15) is 0 Å². The van der Waals surface area contributed by atoms with Gasteiger partial charge in [-0.1, -0.05) is 6.07 Å². The van der Waals surface area contributed by atoms with Crippen molar-refractivity contribution in [3.63, 3.8) is 0 Å². The SMILES string of the molecule is COCC(=O)Nc1ccc(N2C(=S)N[C@H](c3ccccn3)[C@H]2c2cc(C)n(-c3cc(C)ccn3)c2C)cc1C. The van der Waals surface area contributed by atoms with E-state index < -0.39 is 0 Å². The van der Waals surface area contributed by atoms with Gasteiger partial charge in [0.15, 0.2) is 5.11 Å². The summed E-state index contributed by atoms with van der Waals surface area (Å²) in [6.07, 6.45) is 3.65. The number of rotatable bonds is 7. The number of hydrogen-bond donors (Lipinski definition) is 2. The molecule has 1 fully saturated rings. The molecule has 9 heteroatoms. The predicted octanol–water partition coefficient (Wildman–Crippen LogP) is 5.26. The van der Waals surface area contributed by atoms with Crippen molar-refractivity contribution < 1.29 is 9.53 Å². The van der Waals surface area contributed by atoms with Crippen molar-refractivity contribution in [1.29, 1.82) is 0 Å². The molecule has 1 saturated heterocycles. The quantitative estimate of drug-likeness (QED) is 0.309. The second-order valence-electron chi connectivity index (χ2n) is 9.83. The van der Waals surface area contributed by atoms with Gasteiger partial charge >= 0.3 is 0 Å². The highest BCUT2D eigenvalue weighted by atomic mass is 32.1. The Morgan fingerprint density at radius 3 is 2.56 bits per heavy atom. The van der Waals surface area contributed by atoms with E-state index in [0.717, 1.165) is 51.0 Å². The first kappa shape index (κ1) is 26.5. The van der Waals surface area contributed by atoms with E-state index in [1.807, 2.05) is 55.6 Å². The van der Waals surface area contributed by atoms with Crippen LogP contribution in [0.25, 0.3) is 5.82 Å². The van der Waals surface area contributed by atoms with Gasteiger partial charge in [0.1, 0.15) is 12.4 Å². The monoisotopic (exact) mass is 540 g/mol. The highest BCUT2D eigenvalue weighted by Gasteiger charge is 2.42. The molecule has 0 spiro atoms. The number of carbonyl (C=O) groups excluding carboxylic acids is 1. The molecule has 8 nitrogen and oxygen atoms in total. The third-order valence-electron chi connectivity index (χ3n) is 7.05. The lowest BCUT2D eigenvalue weighted by atomic mass is 9.96. The van der Waals surface area contributed by atoms with Crippen molar-refractivity contribution >= 4 is 34.6 Å². The van der Waals surface area contributed by atoms with Gasteiger partial charge in [0.25, 0.3) is 0 Å². The molecule has 4 heterocycles. The van der Waals surface area contributed by atoms with Gasteiger partial charge < -0.3 is 24.8 Å². The van der Waals surface area contributed by atoms with Crippen molar-refractivity contribution in [2.24, 2.45) is 0 Å². The van der Waals surface area contributed by atoms with E-state index in [-0.39, 0.29) is 24.6 Å². The third kappa shape index (κ3) is 5.15. The van der Waals surface area contributed by atoms with Crippen LogP contribution in [0, 0.1) is 27.7 Å². The fraction of sp³-hybridized carbons (Fsp3) is 0.267. The first-order chi connectivity index (χ1) is 18.8. The van der Waals surface area contributed by atoms with Gasteiger partial charge in [-0.3, -0.25) is 9.78 Å². The summed E-state index contributed by atoms with van der Waals surface area (Å²) in [5.74, 6) is 0.690. The molecular weight excluding hydrogens is 508 g/mol. The molecule has 1 amide bonds. The van der Waals surface area contributed by atoms with E-state index in [1.165, 1.54) is 7.11 Å². The summed E-state index contributed by atoms with van der Waals surface area (Å²) in [6, 6.07) is 17.9. The number of ether oxygens (including phenoxy) is 1. The number of carbonyl (C=O) groups is 1. The summed E-state index contributed by atoms with van der Waals surface area (Å²) in [7, 11) is 1.50. The summed E-state index contributed by atoms with van der Waals surface area (Å²) in [4.78, 5) is 23.6. The van der Waals surface area contributed by atoms with Crippen LogP contribution in [-0.4, -0.2) is 39.3 Å². The highest BCUT2D eigenvalue weighted by Crippen LogP contribution is 2.44. The lowest BCUT2D eigenvalue weighted by molar-refractivity contribution is -0.119. The number of amides is 1. The molecule has 0 bridgehead atoms. The fourth-order valence-electron chi connectivity index (χ4n) is 5.29. The maximum Gasteiger partial charge on any atom is 0.250 e. The molecule has 0 aliphatic carbocycles. The Bertz CT molecular complexity index is 1530. The van der Waals surface area contributed by atoms with E-state index in [2.05, 4.69) is 63.0 Å². The molecule has 0 saturated carbocycles. The zero-order chi connectivity index (χ0) is 27.7. The lowest BCUT2D eigenvalue weighted by Crippen LogP contribution is -2.29. The largest absolute Gasteiger partial charge is 0.375 e. The van der Waals surface area contributed by atoms with Gasteiger partial charge in [-0.05, 0) is 105 Å². The van der Waals surface area contributed by atoms with Crippen LogP contribution in [-0.2, 0) is 9.53 Å². The molecule has 2 atom stereocenters. The minimum absolute atomic E-state index is 0.000561. The lowest BCUT2D eigenvalue weighted by Gasteiger charge is -2.29. The maximum atomic E-state index is 12.1. The van der Waals surface area contributed by atoms with Crippen LogP contribution in [0.4, 0.5) is 11.4 Å². The Kier molecular flexibility index (Phi) is 7.45. The molecule has 0 radical (unpaired) electrons. The van der Waals surface area contributed by atoms with Crippen LogP contribution in [0.1, 0.15) is 45.9 Å². The fourth-order valence-corrected chi connectivity index (χ4v) is 5.63. The molecule has 0 unspecified atom stereocenters. The van der Waals surface area contributed by atoms with E-state index in [4.69, 9.17) is 17.0 Å². The maximum absolute atomic E-state index is 12.1. The molecule has 200 valence electrons. The van der Waals surface area contributed by atoms with Crippen molar-refractivity contribution in [3.8, 4) is 5.82 Å². The molecule has 5 rings (SSSR count). The number of benzene rings is 1. The smallest absolute Gasteiger partial charge is 0.250 e. The number of thiocarbonyl (C=S) groups is 1. The van der Waals surface area contributed by atoms with Crippen LogP contribution in [0.5, 0.6) is 0 Å². The standard InChI is InChI=1S/C30H32N6O2S/c1-18-11-13-32-26(14-18)35-20(3)16-23(21(35)4)29-28(25-8-6-7-12-31-25)34-30(39)36(29)22-9-10-24(19(2)15-22)33-27(37)17-38-5/h6-16,28-29H,17H2,1-5H3,(H,33,37)(H,34,39)/t28-,29-/m1/s1. The second kappa shape index (κ2) is 11.0. The van der Waals surface area contributed by atoms with Crippen LogP contribution in [0.3, 0.4) is 0 Å². The van der Waals surface area contributed by atoms with Gasteiger partial charge in [-0.15, -0.1) is 0 Å². The number of nitrogens with one attached hydrogen (secondary N) is 2. The highest BCUT2D eigenvalue weighted by molar-refractivity contribution is 7.80. The minimum Gasteiger partial charge on any atom is -0.375 e. The summed E-state index contributed by atoms with van der Waals surface area (Å²) in [6.45, 7) is 8.27. The molecule has 4 aromatic rings. The summed E-state index contributed by atoms with van der Waals surface area (Å²) < 4.78 is 7.15. The van der Waals surface area contributed by atoms with Crippen LogP contribution in [0.15, 0.2) is 67.0 Å². The van der Waals surface area contributed by atoms with Crippen molar-refractivity contribution in [2.45, 2.75) is 39.8 Å². The van der Waals surface area contributed by atoms with Crippen molar-refractivity contribution in [2.75, 3.05) is 23.9 Å². The van der Waals surface area contributed by atoms with E-state index in [1.54, 1.807) is 6.20 Å². The predicted molar refractivity (Wildman–Crippen MR) is 157 cm³/mol. The molecule has 2 N–H and O–H groups in total. The number of aryl methyl sites for hydroxylation is 3. The van der Waals surface area contributed by atoms with Gasteiger partial charge in [-0.25, -0.2) is 4.98 Å². The van der Waals surface area contributed by atoms with Gasteiger partial charge in [0.2, 0.25) is 5.91 Å². The molecule has 3 aromatic heterocycles. The van der Waals surface area contributed by atoms with Crippen LogP contribution in [0.2, 0.25) is 0 Å². The Hall–Kier alpha value is -4.08. The molecule has 1 aromatic carbocycles. The van der Waals surface area contributed by atoms with Crippen LogP contribution < -0.4 is 15.5 Å². The van der Waals surface area contributed by atoms with Gasteiger partial charge in [0.05, 0.1) is 17.8 Å². The summed E-state index contributed by atoms with van der Waals surface area (Å²) in [5.41, 5.74) is 7.96. The molecule has 1 aliphatic rings. The first-order valence-electron chi connectivity index (χ1n) is 12.8. The van der Waals surface area contributed by atoms with E-state index in [9.17, 15) is 4.79 Å². The van der Waals surface area contributed by atoms with E-state index in [0.29, 0.717) is 5.11 Å². The third-order valence-corrected chi connectivity index (χ3v) is 7.37. The first-order valence-corrected chi connectivity index (χ1v) is 13.2. The zero-order valence-corrected chi connectivity index (χ0v) is 23.5. The number of aromatic nitrogens is 3. The number of methoxy groups -OCH3 is 1. The van der Waals surface area contributed by atoms with E-state index >= 15 is 0 Å². The van der Waals surface area contributed by atoms with Crippen molar-refractivity contribution in [1.82, 2.24) is 19.9 Å². The molecule has 39 heavy (non-hydrogen) atoms. The molecular formula is C30H32N6O2S. The number of nitrogens with zero attached hydrogens (tertiary/aromatic N) is 4. The Morgan fingerprint density at radius 2 is 1.87 bits per heavy atom. The average molecular weight is 541 g/mol. The Morgan fingerprint density at radius 1 is 1.05 bits per heavy atom. The number of hydrogen-bond acceptors (Lipinski definition) is 5. The molecule has 1 aliphatic heterocycles. The number of anilines is 2. The van der Waals surface area contributed by atoms with Crippen LogP contribution >= 0.6 is 12.2 Å².